The predicted octanol–water partition coefficient (Wildman–Crippen LogP) is 1.68. The van der Waals surface area contributed by atoms with Crippen LogP contribution in [0.15, 0.2) is 6.07 Å². The number of carbonyl (C=O) groups is 2. The van der Waals surface area contributed by atoms with Gasteiger partial charge in [-0.25, -0.2) is 9.59 Å². The Kier molecular flexibility index (Phi) is 4.30. The Balaban J connectivity index is 2.89. The van der Waals surface area contributed by atoms with Crippen molar-refractivity contribution in [3.63, 3.8) is 0 Å². The number of carbonyl (C=O) groups excluding carboxylic acids is 2. The maximum absolute atomic E-state index is 11.4. The zero-order chi connectivity index (χ0) is 12.1. The number of thiophene rings is 1. The van der Waals surface area contributed by atoms with E-state index in [0.29, 0.717) is 4.88 Å². The Labute approximate surface area is 97.2 Å². The smallest absolute Gasteiger partial charge is 0.350 e. The molecule has 0 spiro atoms. The summed E-state index contributed by atoms with van der Waals surface area (Å²) in [5, 5.41) is 0. The molecule has 1 heterocycles. The maximum Gasteiger partial charge on any atom is 0.350 e. The molecule has 0 radical (unpaired) electrons. The third-order valence-corrected chi connectivity index (χ3v) is 2.81. The SMILES string of the molecule is CCOC(=O)c1cc(N)c(C(=O)OCC)s1. The number of nitrogens with two attached hydrogens (primary N) is 1. The van der Waals surface area contributed by atoms with Gasteiger partial charge in [0, 0.05) is 0 Å². The van der Waals surface area contributed by atoms with Gasteiger partial charge in [0.15, 0.2) is 0 Å². The minimum Gasteiger partial charge on any atom is -0.462 e. The van der Waals surface area contributed by atoms with Crippen LogP contribution in [-0.2, 0) is 9.47 Å². The summed E-state index contributed by atoms with van der Waals surface area (Å²) in [6.07, 6.45) is 0. The number of nitrogen functional groups attached to an aromatic ring is 1. The summed E-state index contributed by atoms with van der Waals surface area (Å²) >= 11 is 0.982. The van der Waals surface area contributed by atoms with Gasteiger partial charge in [-0.05, 0) is 19.9 Å². The molecule has 0 atom stereocenters. The Morgan fingerprint density at radius 2 is 1.81 bits per heavy atom. The molecule has 0 saturated carbocycles. The van der Waals surface area contributed by atoms with Crippen LogP contribution in [0.3, 0.4) is 0 Å². The maximum atomic E-state index is 11.4. The van der Waals surface area contributed by atoms with Crippen LogP contribution in [0.1, 0.15) is 33.2 Å². The molecular weight excluding hydrogens is 230 g/mol. The fourth-order valence-electron chi connectivity index (χ4n) is 1.06. The highest BCUT2D eigenvalue weighted by Crippen LogP contribution is 2.26. The van der Waals surface area contributed by atoms with E-state index in [4.69, 9.17) is 15.2 Å². The van der Waals surface area contributed by atoms with Crippen molar-refractivity contribution < 1.29 is 19.1 Å². The quantitative estimate of drug-likeness (QED) is 0.814. The molecule has 6 heteroatoms. The summed E-state index contributed by atoms with van der Waals surface area (Å²) in [4.78, 5) is 23.3. The predicted molar refractivity (Wildman–Crippen MR) is 60.6 cm³/mol. The monoisotopic (exact) mass is 243 g/mol. The first-order chi connectivity index (χ1) is 7.60. The Hall–Kier alpha value is -1.56. The number of anilines is 1. The summed E-state index contributed by atoms with van der Waals surface area (Å²) in [5.41, 5.74) is 5.85. The highest BCUT2D eigenvalue weighted by molar-refractivity contribution is 7.16. The molecule has 0 aliphatic rings. The van der Waals surface area contributed by atoms with E-state index in [2.05, 4.69) is 0 Å². The molecule has 0 aliphatic heterocycles. The fourth-order valence-corrected chi connectivity index (χ4v) is 1.93. The Morgan fingerprint density at radius 3 is 2.38 bits per heavy atom. The van der Waals surface area contributed by atoms with Crippen LogP contribution in [0, 0.1) is 0 Å². The van der Waals surface area contributed by atoms with E-state index in [1.165, 1.54) is 6.07 Å². The van der Waals surface area contributed by atoms with Crippen LogP contribution in [0.25, 0.3) is 0 Å². The van der Waals surface area contributed by atoms with E-state index in [9.17, 15) is 9.59 Å². The molecular formula is C10H13NO4S. The van der Waals surface area contributed by atoms with Gasteiger partial charge >= 0.3 is 11.9 Å². The van der Waals surface area contributed by atoms with Crippen LogP contribution < -0.4 is 5.73 Å². The van der Waals surface area contributed by atoms with Gasteiger partial charge < -0.3 is 15.2 Å². The number of hydrogen-bond donors (Lipinski definition) is 1. The van der Waals surface area contributed by atoms with Crippen LogP contribution in [0.4, 0.5) is 5.69 Å². The molecule has 88 valence electrons. The van der Waals surface area contributed by atoms with Gasteiger partial charge in [0.25, 0.3) is 0 Å². The van der Waals surface area contributed by atoms with Crippen molar-refractivity contribution in [1.82, 2.24) is 0 Å². The molecule has 0 bridgehead atoms. The Bertz CT molecular complexity index is 400. The molecule has 0 unspecified atom stereocenters. The van der Waals surface area contributed by atoms with Crippen LogP contribution in [0.2, 0.25) is 0 Å². The van der Waals surface area contributed by atoms with E-state index in [1.54, 1.807) is 13.8 Å². The molecule has 2 N–H and O–H groups in total. The molecule has 16 heavy (non-hydrogen) atoms. The standard InChI is InChI=1S/C10H13NO4S/c1-3-14-9(12)7-5-6(11)8(16-7)10(13)15-4-2/h5H,3-4,11H2,1-2H3. The van der Waals surface area contributed by atoms with E-state index < -0.39 is 11.9 Å². The lowest BCUT2D eigenvalue weighted by atomic mass is 10.3. The van der Waals surface area contributed by atoms with Crippen molar-refractivity contribution in [3.05, 3.63) is 15.8 Å². The summed E-state index contributed by atoms with van der Waals surface area (Å²) in [6.45, 7) is 3.96. The summed E-state index contributed by atoms with van der Waals surface area (Å²) in [7, 11) is 0. The minimum atomic E-state index is -0.513. The molecule has 0 amide bonds. The van der Waals surface area contributed by atoms with Crippen molar-refractivity contribution in [2.45, 2.75) is 13.8 Å². The molecule has 1 rings (SSSR count). The normalized spacial score (nSPS) is 9.88. The number of hydrogen-bond acceptors (Lipinski definition) is 6. The molecule has 0 aliphatic carbocycles. The minimum absolute atomic E-state index is 0.241. The summed E-state index contributed by atoms with van der Waals surface area (Å²) in [5.74, 6) is -0.990. The van der Waals surface area contributed by atoms with Crippen LogP contribution in [-0.4, -0.2) is 25.2 Å². The van der Waals surface area contributed by atoms with E-state index in [-0.39, 0.29) is 23.8 Å². The summed E-state index contributed by atoms with van der Waals surface area (Å²) in [6, 6.07) is 1.43. The third-order valence-electron chi connectivity index (χ3n) is 1.70. The fraction of sp³-hybridized carbons (Fsp3) is 0.400. The number of ether oxygens (including phenoxy) is 2. The second-order valence-electron chi connectivity index (χ2n) is 2.84. The van der Waals surface area contributed by atoms with Gasteiger partial charge in [-0.2, -0.15) is 0 Å². The van der Waals surface area contributed by atoms with Gasteiger partial charge in [-0.3, -0.25) is 0 Å². The summed E-state index contributed by atoms with van der Waals surface area (Å²) < 4.78 is 9.60. The van der Waals surface area contributed by atoms with E-state index in [1.807, 2.05) is 0 Å². The average Bonchev–Trinajstić information content (AvgIpc) is 2.61. The topological polar surface area (TPSA) is 78.6 Å². The zero-order valence-corrected chi connectivity index (χ0v) is 9.93. The van der Waals surface area contributed by atoms with Crippen molar-refractivity contribution in [2.75, 3.05) is 18.9 Å². The van der Waals surface area contributed by atoms with Gasteiger partial charge in [-0.15, -0.1) is 11.3 Å². The van der Waals surface area contributed by atoms with Crippen LogP contribution in [0.5, 0.6) is 0 Å². The highest BCUT2D eigenvalue weighted by atomic mass is 32.1. The highest BCUT2D eigenvalue weighted by Gasteiger charge is 2.19. The first-order valence-corrected chi connectivity index (χ1v) is 5.65. The molecule has 0 saturated heterocycles. The lowest BCUT2D eigenvalue weighted by molar-refractivity contribution is 0.0525. The lowest BCUT2D eigenvalue weighted by Gasteiger charge is -1.98. The van der Waals surface area contributed by atoms with Gasteiger partial charge in [-0.1, -0.05) is 0 Å². The zero-order valence-electron chi connectivity index (χ0n) is 9.11. The second-order valence-corrected chi connectivity index (χ2v) is 3.89. The number of esters is 2. The van der Waals surface area contributed by atoms with Crippen molar-refractivity contribution in [2.24, 2.45) is 0 Å². The van der Waals surface area contributed by atoms with Crippen molar-refractivity contribution in [1.29, 1.82) is 0 Å². The molecule has 1 aromatic rings. The average molecular weight is 243 g/mol. The van der Waals surface area contributed by atoms with Crippen molar-refractivity contribution in [3.8, 4) is 0 Å². The number of rotatable bonds is 4. The van der Waals surface area contributed by atoms with E-state index in [0.717, 1.165) is 11.3 Å². The van der Waals surface area contributed by atoms with Gasteiger partial charge in [0.2, 0.25) is 0 Å². The largest absolute Gasteiger partial charge is 0.462 e. The van der Waals surface area contributed by atoms with Crippen molar-refractivity contribution >= 4 is 29.0 Å². The van der Waals surface area contributed by atoms with Crippen LogP contribution >= 0.6 is 11.3 Å². The van der Waals surface area contributed by atoms with Gasteiger partial charge in [0.1, 0.15) is 9.75 Å². The second kappa shape index (κ2) is 5.50. The molecule has 0 aromatic carbocycles. The van der Waals surface area contributed by atoms with E-state index >= 15 is 0 Å². The first-order valence-electron chi connectivity index (χ1n) is 4.83. The molecule has 1 aromatic heterocycles. The van der Waals surface area contributed by atoms with Gasteiger partial charge in [0.05, 0.1) is 18.9 Å². The molecule has 0 fully saturated rings. The third kappa shape index (κ3) is 2.73. The molecule has 5 nitrogen and oxygen atoms in total. The Morgan fingerprint density at radius 1 is 1.25 bits per heavy atom. The first kappa shape index (κ1) is 12.5. The lowest BCUT2D eigenvalue weighted by Crippen LogP contribution is -2.04.